The second kappa shape index (κ2) is 9.07. The highest BCUT2D eigenvalue weighted by molar-refractivity contribution is 5.83. The predicted molar refractivity (Wildman–Crippen MR) is 85.0 cm³/mol. The maximum atomic E-state index is 11.8. The molecule has 0 aliphatic rings. The smallest absolute Gasteiger partial charge is 0.326 e. The number of ether oxygens (including phenoxy) is 1. The van der Waals surface area contributed by atoms with Crippen molar-refractivity contribution in [3.8, 4) is 5.75 Å². The van der Waals surface area contributed by atoms with Crippen LogP contribution in [0, 0.1) is 5.92 Å². The molecule has 122 valence electrons. The van der Waals surface area contributed by atoms with Crippen LogP contribution in [0.5, 0.6) is 5.75 Å². The van der Waals surface area contributed by atoms with E-state index in [1.807, 2.05) is 24.3 Å². The normalized spacial score (nSPS) is 12.0. The lowest BCUT2D eigenvalue weighted by Crippen LogP contribution is -2.44. The minimum absolute atomic E-state index is 0.142. The summed E-state index contributed by atoms with van der Waals surface area (Å²) in [5.41, 5.74) is 1.02. The van der Waals surface area contributed by atoms with Gasteiger partial charge in [0.05, 0.1) is 6.61 Å². The van der Waals surface area contributed by atoms with Crippen LogP contribution in [0.1, 0.15) is 39.2 Å². The number of amides is 1. The van der Waals surface area contributed by atoms with Crippen LogP contribution in [0.2, 0.25) is 0 Å². The third-order valence-electron chi connectivity index (χ3n) is 3.29. The number of nitrogens with one attached hydrogen (secondary N) is 1. The fraction of sp³-hybridized carbons (Fsp3) is 0.529. The topological polar surface area (TPSA) is 75.6 Å². The van der Waals surface area contributed by atoms with Crippen LogP contribution < -0.4 is 10.1 Å². The van der Waals surface area contributed by atoms with Crippen LogP contribution in [-0.2, 0) is 16.0 Å². The molecule has 1 atom stereocenters. The maximum absolute atomic E-state index is 11.8. The van der Waals surface area contributed by atoms with Gasteiger partial charge in [-0.3, -0.25) is 4.79 Å². The molecule has 0 aliphatic heterocycles. The molecule has 1 unspecified atom stereocenters. The average Bonchev–Trinajstić information content (AvgIpc) is 2.49. The molecule has 0 bridgehead atoms. The molecule has 2 N–H and O–H groups in total. The highest BCUT2D eigenvalue weighted by Crippen LogP contribution is 2.13. The molecule has 0 spiro atoms. The van der Waals surface area contributed by atoms with Gasteiger partial charge in [-0.1, -0.05) is 32.9 Å². The van der Waals surface area contributed by atoms with Gasteiger partial charge in [0.25, 0.3) is 0 Å². The Morgan fingerprint density at radius 3 is 2.36 bits per heavy atom. The Bertz CT molecular complexity index is 482. The molecule has 1 amide bonds. The van der Waals surface area contributed by atoms with Crippen molar-refractivity contribution in [2.45, 2.75) is 46.1 Å². The standard InChI is InChI=1S/C17H25NO4/c1-4-11-22-14-8-5-13(6-9-14)7-10-15(19)18-16(12(2)3)17(20)21/h5-6,8-9,12,16H,4,7,10-11H2,1-3H3,(H,18,19)(H,20,21). The Kier molecular flexibility index (Phi) is 7.43. The van der Waals surface area contributed by atoms with E-state index in [1.165, 1.54) is 0 Å². The Hall–Kier alpha value is -2.04. The van der Waals surface area contributed by atoms with Crippen LogP contribution in [0.15, 0.2) is 24.3 Å². The predicted octanol–water partition coefficient (Wildman–Crippen LogP) is 2.63. The number of hydrogen-bond acceptors (Lipinski definition) is 3. The molecule has 1 rings (SSSR count). The first-order chi connectivity index (χ1) is 10.4. The molecule has 1 aromatic rings. The second-order valence-electron chi connectivity index (χ2n) is 5.62. The number of rotatable bonds is 9. The summed E-state index contributed by atoms with van der Waals surface area (Å²) in [6.07, 6.45) is 1.80. The van der Waals surface area contributed by atoms with Gasteiger partial charge >= 0.3 is 5.97 Å². The third kappa shape index (κ3) is 6.16. The molecule has 0 fully saturated rings. The number of carbonyl (C=O) groups is 2. The lowest BCUT2D eigenvalue weighted by Gasteiger charge is -2.17. The molecule has 0 saturated carbocycles. The van der Waals surface area contributed by atoms with Crippen LogP contribution >= 0.6 is 0 Å². The number of aryl methyl sites for hydroxylation is 1. The summed E-state index contributed by atoms with van der Waals surface area (Å²) in [6.45, 7) is 6.28. The molecule has 22 heavy (non-hydrogen) atoms. The summed E-state index contributed by atoms with van der Waals surface area (Å²) in [5, 5.41) is 11.6. The summed E-state index contributed by atoms with van der Waals surface area (Å²) in [6, 6.07) is 6.79. The fourth-order valence-corrected chi connectivity index (χ4v) is 1.99. The minimum Gasteiger partial charge on any atom is -0.494 e. The summed E-state index contributed by atoms with van der Waals surface area (Å²) < 4.78 is 5.50. The van der Waals surface area contributed by atoms with Crippen LogP contribution in [0.25, 0.3) is 0 Å². The fourth-order valence-electron chi connectivity index (χ4n) is 1.99. The lowest BCUT2D eigenvalue weighted by molar-refractivity contribution is -0.143. The lowest BCUT2D eigenvalue weighted by atomic mass is 10.0. The zero-order chi connectivity index (χ0) is 16.5. The van der Waals surface area contributed by atoms with Crippen LogP contribution in [0.4, 0.5) is 0 Å². The summed E-state index contributed by atoms with van der Waals surface area (Å²) in [4.78, 5) is 22.9. The number of benzene rings is 1. The van der Waals surface area contributed by atoms with Crippen molar-refractivity contribution in [1.82, 2.24) is 5.32 Å². The first-order valence-corrected chi connectivity index (χ1v) is 7.68. The van der Waals surface area contributed by atoms with Crippen LogP contribution in [0.3, 0.4) is 0 Å². The van der Waals surface area contributed by atoms with Crippen molar-refractivity contribution >= 4 is 11.9 Å². The molecule has 1 aromatic carbocycles. The van der Waals surface area contributed by atoms with Crippen molar-refractivity contribution < 1.29 is 19.4 Å². The Morgan fingerprint density at radius 1 is 1.23 bits per heavy atom. The van der Waals surface area contributed by atoms with Crippen molar-refractivity contribution in [3.05, 3.63) is 29.8 Å². The van der Waals surface area contributed by atoms with E-state index in [0.717, 1.165) is 17.7 Å². The average molecular weight is 307 g/mol. The van der Waals surface area contributed by atoms with E-state index in [1.54, 1.807) is 13.8 Å². The SMILES string of the molecule is CCCOc1ccc(CCC(=O)NC(C(=O)O)C(C)C)cc1. The molecule has 0 saturated heterocycles. The maximum Gasteiger partial charge on any atom is 0.326 e. The zero-order valence-corrected chi connectivity index (χ0v) is 13.5. The van der Waals surface area contributed by atoms with Crippen molar-refractivity contribution in [1.29, 1.82) is 0 Å². The molecular weight excluding hydrogens is 282 g/mol. The first-order valence-electron chi connectivity index (χ1n) is 7.68. The number of carbonyl (C=O) groups excluding carboxylic acids is 1. The molecule has 0 radical (unpaired) electrons. The number of carboxylic acid groups (broad SMARTS) is 1. The molecular formula is C17H25NO4. The summed E-state index contributed by atoms with van der Waals surface area (Å²) >= 11 is 0. The van der Waals surface area contributed by atoms with E-state index < -0.39 is 12.0 Å². The summed E-state index contributed by atoms with van der Waals surface area (Å²) in [5.74, 6) is -0.564. The van der Waals surface area contributed by atoms with Gasteiger partial charge in [-0.15, -0.1) is 0 Å². The highest BCUT2D eigenvalue weighted by Gasteiger charge is 2.22. The van der Waals surface area contributed by atoms with E-state index in [2.05, 4.69) is 12.2 Å². The van der Waals surface area contributed by atoms with E-state index in [-0.39, 0.29) is 18.2 Å². The van der Waals surface area contributed by atoms with Crippen molar-refractivity contribution in [2.75, 3.05) is 6.61 Å². The quantitative estimate of drug-likeness (QED) is 0.735. The summed E-state index contributed by atoms with van der Waals surface area (Å²) in [7, 11) is 0. The van der Waals surface area contributed by atoms with Crippen molar-refractivity contribution in [3.63, 3.8) is 0 Å². The Morgan fingerprint density at radius 2 is 1.86 bits per heavy atom. The number of carboxylic acids is 1. The van der Waals surface area contributed by atoms with Crippen LogP contribution in [-0.4, -0.2) is 29.6 Å². The molecule has 0 heterocycles. The molecule has 5 nitrogen and oxygen atoms in total. The van der Waals surface area contributed by atoms with Gasteiger partial charge in [-0.05, 0) is 36.5 Å². The van der Waals surface area contributed by atoms with E-state index in [4.69, 9.17) is 9.84 Å². The molecule has 5 heteroatoms. The van der Waals surface area contributed by atoms with E-state index in [0.29, 0.717) is 13.0 Å². The highest BCUT2D eigenvalue weighted by atomic mass is 16.5. The Balaban J connectivity index is 2.45. The monoisotopic (exact) mass is 307 g/mol. The van der Waals surface area contributed by atoms with Gasteiger partial charge in [-0.2, -0.15) is 0 Å². The number of hydrogen-bond donors (Lipinski definition) is 2. The van der Waals surface area contributed by atoms with Gasteiger partial charge in [0.2, 0.25) is 5.91 Å². The largest absolute Gasteiger partial charge is 0.494 e. The minimum atomic E-state index is -0.999. The molecule has 0 aromatic heterocycles. The van der Waals surface area contributed by atoms with Gasteiger partial charge < -0.3 is 15.2 Å². The van der Waals surface area contributed by atoms with Crippen molar-refractivity contribution in [2.24, 2.45) is 5.92 Å². The second-order valence-corrected chi connectivity index (χ2v) is 5.62. The molecule has 0 aliphatic carbocycles. The van der Waals surface area contributed by atoms with Gasteiger partial charge in [0, 0.05) is 6.42 Å². The first kappa shape index (κ1) is 18.0. The Labute approximate surface area is 131 Å². The van der Waals surface area contributed by atoms with Gasteiger partial charge in [0.1, 0.15) is 11.8 Å². The van der Waals surface area contributed by atoms with Gasteiger partial charge in [0.15, 0.2) is 0 Å². The third-order valence-corrected chi connectivity index (χ3v) is 3.29. The van der Waals surface area contributed by atoms with E-state index >= 15 is 0 Å². The number of aliphatic carboxylic acids is 1. The van der Waals surface area contributed by atoms with E-state index in [9.17, 15) is 9.59 Å². The zero-order valence-electron chi connectivity index (χ0n) is 13.5. The van der Waals surface area contributed by atoms with Gasteiger partial charge in [-0.25, -0.2) is 4.79 Å².